The number of carbonyl (C=O) groups is 1. The molecule has 2 aromatic rings. The van der Waals surface area contributed by atoms with Crippen LogP contribution in [0.3, 0.4) is 0 Å². The molecular weight excluding hydrogens is 322 g/mol. The van der Waals surface area contributed by atoms with Crippen LogP contribution in [0.4, 0.5) is 14.5 Å². The van der Waals surface area contributed by atoms with Crippen LogP contribution in [0.25, 0.3) is 0 Å². The minimum absolute atomic E-state index is 0.0274. The van der Waals surface area contributed by atoms with Crippen molar-refractivity contribution in [2.24, 2.45) is 0 Å². The van der Waals surface area contributed by atoms with Crippen LogP contribution in [-0.4, -0.2) is 29.9 Å². The van der Waals surface area contributed by atoms with Crippen molar-refractivity contribution in [3.63, 3.8) is 0 Å². The van der Waals surface area contributed by atoms with Crippen LogP contribution >= 0.6 is 0 Å². The zero-order chi connectivity index (χ0) is 18.1. The summed E-state index contributed by atoms with van der Waals surface area (Å²) in [5, 5.41) is 0. The topological polar surface area (TPSA) is 23.6 Å². The number of nitrogens with zero attached hydrogens (tertiary/aromatic N) is 2. The summed E-state index contributed by atoms with van der Waals surface area (Å²) in [7, 11) is 0. The molecule has 25 heavy (non-hydrogen) atoms. The summed E-state index contributed by atoms with van der Waals surface area (Å²) < 4.78 is 27.9. The van der Waals surface area contributed by atoms with Gasteiger partial charge in [-0.3, -0.25) is 9.69 Å². The molecule has 1 saturated heterocycles. The number of amides is 1. The highest BCUT2D eigenvalue weighted by molar-refractivity contribution is 5.96. The third-order valence-corrected chi connectivity index (χ3v) is 4.84. The van der Waals surface area contributed by atoms with Gasteiger partial charge >= 0.3 is 0 Å². The lowest BCUT2D eigenvalue weighted by molar-refractivity contribution is -0.122. The Labute approximate surface area is 146 Å². The molecule has 0 saturated carbocycles. The van der Waals surface area contributed by atoms with Crippen molar-refractivity contribution >= 4 is 11.6 Å². The van der Waals surface area contributed by atoms with Crippen molar-refractivity contribution in [2.75, 3.05) is 18.0 Å². The second-order valence-electron chi connectivity index (χ2n) is 6.71. The lowest BCUT2D eigenvalue weighted by Crippen LogP contribution is -2.55. The van der Waals surface area contributed by atoms with Crippen LogP contribution in [0.5, 0.6) is 0 Å². The summed E-state index contributed by atoms with van der Waals surface area (Å²) in [5.74, 6) is -1.66. The third-order valence-electron chi connectivity index (χ3n) is 4.84. The number of hydrogen-bond acceptors (Lipinski definition) is 2. The van der Waals surface area contributed by atoms with E-state index >= 15 is 0 Å². The summed E-state index contributed by atoms with van der Waals surface area (Å²) in [4.78, 5) is 16.3. The Morgan fingerprint density at radius 1 is 1.04 bits per heavy atom. The van der Waals surface area contributed by atoms with E-state index in [1.54, 1.807) is 17.0 Å². The molecule has 132 valence electrons. The fourth-order valence-corrected chi connectivity index (χ4v) is 3.23. The first-order valence-corrected chi connectivity index (χ1v) is 8.42. The number of halogens is 2. The minimum atomic E-state index is -0.819. The standard InChI is InChI=1S/C20H22F2N2O/c1-13-6-4-5-7-17(13)24-10-15(3)23(12-18(24)25)11-16-9-8-14(2)19(21)20(16)22/h4-9,15H,10-12H2,1-3H3/t15-/m1/s1. The van der Waals surface area contributed by atoms with E-state index in [-0.39, 0.29) is 36.2 Å². The Morgan fingerprint density at radius 3 is 2.48 bits per heavy atom. The van der Waals surface area contributed by atoms with Gasteiger partial charge in [-0.25, -0.2) is 8.78 Å². The van der Waals surface area contributed by atoms with Crippen LogP contribution in [0, 0.1) is 25.5 Å². The number of piperazine rings is 1. The van der Waals surface area contributed by atoms with Gasteiger partial charge in [-0.1, -0.05) is 30.3 Å². The Balaban J connectivity index is 1.78. The molecule has 5 heteroatoms. The number of carbonyl (C=O) groups excluding carboxylic acids is 1. The summed E-state index contributed by atoms with van der Waals surface area (Å²) in [6.45, 7) is 6.45. The molecule has 0 spiro atoms. The molecule has 2 aromatic carbocycles. The predicted octanol–water partition coefficient (Wildman–Crippen LogP) is 3.82. The predicted molar refractivity (Wildman–Crippen MR) is 94.5 cm³/mol. The quantitative estimate of drug-likeness (QED) is 0.845. The fourth-order valence-electron chi connectivity index (χ4n) is 3.23. The Kier molecular flexibility index (Phi) is 4.86. The largest absolute Gasteiger partial charge is 0.309 e. The van der Waals surface area contributed by atoms with E-state index in [1.165, 1.54) is 6.92 Å². The lowest BCUT2D eigenvalue weighted by atomic mass is 10.1. The normalized spacial score (nSPS) is 18.7. The van der Waals surface area contributed by atoms with Crippen LogP contribution in [0.2, 0.25) is 0 Å². The SMILES string of the molecule is Cc1ccccc1N1C[C@@H](C)N(Cc2ccc(C)c(F)c2F)CC1=O. The van der Waals surface area contributed by atoms with Gasteiger partial charge < -0.3 is 4.90 Å². The minimum Gasteiger partial charge on any atom is -0.309 e. The van der Waals surface area contributed by atoms with Crippen LogP contribution in [-0.2, 0) is 11.3 Å². The molecule has 1 heterocycles. The molecule has 0 radical (unpaired) electrons. The van der Waals surface area contributed by atoms with Crippen molar-refractivity contribution in [3.05, 3.63) is 64.7 Å². The Morgan fingerprint density at radius 2 is 1.76 bits per heavy atom. The van der Waals surface area contributed by atoms with E-state index in [0.29, 0.717) is 6.54 Å². The van der Waals surface area contributed by atoms with E-state index in [4.69, 9.17) is 0 Å². The second kappa shape index (κ2) is 6.92. The van der Waals surface area contributed by atoms with Crippen molar-refractivity contribution in [1.82, 2.24) is 4.90 Å². The molecule has 0 N–H and O–H groups in total. The highest BCUT2D eigenvalue weighted by atomic mass is 19.2. The monoisotopic (exact) mass is 344 g/mol. The highest BCUT2D eigenvalue weighted by Gasteiger charge is 2.31. The van der Waals surface area contributed by atoms with Gasteiger partial charge in [0.25, 0.3) is 0 Å². The molecule has 1 amide bonds. The molecular formula is C20H22F2N2O. The summed E-state index contributed by atoms with van der Waals surface area (Å²) in [5.41, 5.74) is 2.52. The molecule has 0 bridgehead atoms. The average Bonchev–Trinajstić information content (AvgIpc) is 2.59. The van der Waals surface area contributed by atoms with Crippen LogP contribution in [0.1, 0.15) is 23.6 Å². The molecule has 3 nitrogen and oxygen atoms in total. The zero-order valence-corrected chi connectivity index (χ0v) is 14.7. The van der Waals surface area contributed by atoms with E-state index in [9.17, 15) is 13.6 Å². The second-order valence-corrected chi connectivity index (χ2v) is 6.71. The maximum atomic E-state index is 14.1. The van der Waals surface area contributed by atoms with Crippen molar-refractivity contribution in [1.29, 1.82) is 0 Å². The third kappa shape index (κ3) is 3.42. The molecule has 3 rings (SSSR count). The Hall–Kier alpha value is -2.27. The molecule has 0 aromatic heterocycles. The van der Waals surface area contributed by atoms with E-state index in [2.05, 4.69) is 0 Å². The van der Waals surface area contributed by atoms with Gasteiger partial charge in [0.1, 0.15) is 0 Å². The van der Waals surface area contributed by atoms with E-state index in [0.717, 1.165) is 11.3 Å². The Bertz CT molecular complexity index is 806. The number of rotatable bonds is 3. The van der Waals surface area contributed by atoms with Crippen LogP contribution < -0.4 is 4.90 Å². The van der Waals surface area contributed by atoms with Crippen molar-refractivity contribution in [2.45, 2.75) is 33.4 Å². The van der Waals surface area contributed by atoms with Gasteiger partial charge in [-0.2, -0.15) is 0 Å². The van der Waals surface area contributed by atoms with Gasteiger partial charge in [-0.15, -0.1) is 0 Å². The van der Waals surface area contributed by atoms with Gasteiger partial charge in [0.15, 0.2) is 11.6 Å². The fraction of sp³-hybridized carbons (Fsp3) is 0.350. The first-order valence-electron chi connectivity index (χ1n) is 8.42. The number of aryl methyl sites for hydroxylation is 2. The molecule has 1 aliphatic rings. The summed E-state index contributed by atoms with van der Waals surface area (Å²) in [6.07, 6.45) is 0. The molecule has 1 atom stereocenters. The van der Waals surface area contributed by atoms with Crippen molar-refractivity contribution in [3.8, 4) is 0 Å². The van der Waals surface area contributed by atoms with Crippen LogP contribution in [0.15, 0.2) is 36.4 Å². The number of benzene rings is 2. The highest BCUT2D eigenvalue weighted by Crippen LogP contribution is 2.25. The molecule has 0 aliphatic carbocycles. The average molecular weight is 344 g/mol. The molecule has 1 aliphatic heterocycles. The van der Waals surface area contributed by atoms with Gasteiger partial charge in [0.05, 0.1) is 6.54 Å². The molecule has 0 unspecified atom stereocenters. The van der Waals surface area contributed by atoms with E-state index < -0.39 is 11.6 Å². The molecule has 1 fully saturated rings. The number of hydrogen-bond donors (Lipinski definition) is 0. The zero-order valence-electron chi connectivity index (χ0n) is 14.7. The lowest BCUT2D eigenvalue weighted by Gasteiger charge is -2.40. The van der Waals surface area contributed by atoms with Crippen molar-refractivity contribution < 1.29 is 13.6 Å². The maximum Gasteiger partial charge on any atom is 0.241 e. The summed E-state index contributed by atoms with van der Waals surface area (Å²) in [6, 6.07) is 11.0. The first kappa shape index (κ1) is 17.5. The maximum absolute atomic E-state index is 14.1. The number of anilines is 1. The smallest absolute Gasteiger partial charge is 0.241 e. The van der Waals surface area contributed by atoms with Gasteiger partial charge in [0, 0.05) is 30.4 Å². The van der Waals surface area contributed by atoms with Gasteiger partial charge in [0.2, 0.25) is 5.91 Å². The summed E-state index contributed by atoms with van der Waals surface area (Å²) >= 11 is 0. The first-order chi connectivity index (χ1) is 11.9. The van der Waals surface area contributed by atoms with E-state index in [1.807, 2.05) is 43.0 Å². The number of para-hydroxylation sites is 1. The van der Waals surface area contributed by atoms with Gasteiger partial charge in [-0.05, 0) is 38.0 Å².